The lowest BCUT2D eigenvalue weighted by molar-refractivity contribution is 0.102. The second-order valence-electron chi connectivity index (χ2n) is 4.31. The van der Waals surface area contributed by atoms with E-state index in [9.17, 15) is 9.18 Å². The smallest absolute Gasteiger partial charge is 0.174 e. The van der Waals surface area contributed by atoms with Crippen molar-refractivity contribution in [3.63, 3.8) is 0 Å². The van der Waals surface area contributed by atoms with Gasteiger partial charge in [-0.2, -0.15) is 0 Å². The lowest BCUT2D eigenvalue weighted by Crippen LogP contribution is -2.02. The summed E-state index contributed by atoms with van der Waals surface area (Å²) in [6.07, 6.45) is 0. The van der Waals surface area contributed by atoms with E-state index in [-0.39, 0.29) is 11.6 Å². The molecule has 3 rings (SSSR count). The third-order valence-electron chi connectivity index (χ3n) is 2.96. The van der Waals surface area contributed by atoms with Crippen LogP contribution in [0.3, 0.4) is 0 Å². The summed E-state index contributed by atoms with van der Waals surface area (Å²) in [5.74, 6) is 0.208. The van der Waals surface area contributed by atoms with Gasteiger partial charge < -0.3 is 0 Å². The molecule has 0 aliphatic heterocycles. The highest BCUT2D eigenvalue weighted by Crippen LogP contribution is 2.27. The summed E-state index contributed by atoms with van der Waals surface area (Å²) in [6, 6.07) is 14.0. The SMILES string of the molecule is O=C(CSc1ccc(F)cc1)c1cccc2ccsc12. The fourth-order valence-corrected chi connectivity index (χ4v) is 3.68. The number of carbonyl (C=O) groups excluding carboxylic acids is 1. The van der Waals surface area contributed by atoms with Gasteiger partial charge in [0.05, 0.1) is 5.75 Å². The molecule has 0 aliphatic rings. The van der Waals surface area contributed by atoms with E-state index in [1.54, 1.807) is 23.5 Å². The first kappa shape index (κ1) is 13.3. The Hall–Kier alpha value is -1.65. The van der Waals surface area contributed by atoms with Crippen molar-refractivity contribution >= 4 is 39.0 Å². The number of carbonyl (C=O) groups is 1. The van der Waals surface area contributed by atoms with E-state index in [1.165, 1.54) is 23.9 Å². The minimum atomic E-state index is -0.260. The zero-order chi connectivity index (χ0) is 13.9. The number of benzene rings is 2. The highest BCUT2D eigenvalue weighted by molar-refractivity contribution is 8.00. The maximum atomic E-state index is 12.8. The number of hydrogen-bond acceptors (Lipinski definition) is 3. The van der Waals surface area contributed by atoms with Crippen molar-refractivity contribution in [3.8, 4) is 0 Å². The number of Topliss-reactive ketones (excluding diaryl/α,β-unsaturated/α-hetero) is 1. The fraction of sp³-hybridized carbons (Fsp3) is 0.0625. The summed E-state index contributed by atoms with van der Waals surface area (Å²) < 4.78 is 13.9. The topological polar surface area (TPSA) is 17.1 Å². The van der Waals surface area contributed by atoms with Gasteiger partial charge in [0.15, 0.2) is 5.78 Å². The highest BCUT2D eigenvalue weighted by atomic mass is 32.2. The lowest BCUT2D eigenvalue weighted by Gasteiger charge is -2.03. The Morgan fingerprint density at radius 1 is 1.10 bits per heavy atom. The molecule has 2 aromatic carbocycles. The van der Waals surface area contributed by atoms with Crippen LogP contribution in [0, 0.1) is 5.82 Å². The number of thioether (sulfide) groups is 1. The first-order chi connectivity index (χ1) is 9.74. The van der Waals surface area contributed by atoms with Crippen LogP contribution in [-0.4, -0.2) is 11.5 Å². The van der Waals surface area contributed by atoms with E-state index in [0.717, 1.165) is 20.5 Å². The van der Waals surface area contributed by atoms with Gasteiger partial charge in [-0.3, -0.25) is 4.79 Å². The first-order valence-corrected chi connectivity index (χ1v) is 7.98. The Kier molecular flexibility index (Phi) is 3.85. The Bertz CT molecular complexity index is 747. The molecule has 0 radical (unpaired) electrons. The molecule has 0 aliphatic carbocycles. The van der Waals surface area contributed by atoms with Gasteiger partial charge in [-0.25, -0.2) is 4.39 Å². The molecule has 0 spiro atoms. The largest absolute Gasteiger partial charge is 0.293 e. The highest BCUT2D eigenvalue weighted by Gasteiger charge is 2.11. The van der Waals surface area contributed by atoms with Gasteiger partial charge in [0.25, 0.3) is 0 Å². The van der Waals surface area contributed by atoms with Crippen LogP contribution in [0.25, 0.3) is 10.1 Å². The number of rotatable bonds is 4. The second-order valence-corrected chi connectivity index (χ2v) is 6.28. The first-order valence-electron chi connectivity index (χ1n) is 6.12. The van der Waals surface area contributed by atoms with Crippen molar-refractivity contribution in [2.24, 2.45) is 0 Å². The third kappa shape index (κ3) is 2.76. The van der Waals surface area contributed by atoms with E-state index >= 15 is 0 Å². The second kappa shape index (κ2) is 5.77. The van der Waals surface area contributed by atoms with Crippen molar-refractivity contribution in [1.82, 2.24) is 0 Å². The van der Waals surface area contributed by atoms with Crippen LogP contribution in [0.15, 0.2) is 58.8 Å². The maximum Gasteiger partial charge on any atom is 0.174 e. The van der Waals surface area contributed by atoms with Crippen molar-refractivity contribution < 1.29 is 9.18 Å². The van der Waals surface area contributed by atoms with Gasteiger partial charge in [-0.1, -0.05) is 12.1 Å². The average molecular weight is 302 g/mol. The Balaban J connectivity index is 1.76. The minimum Gasteiger partial charge on any atom is -0.293 e. The van der Waals surface area contributed by atoms with Gasteiger partial charge in [0.1, 0.15) is 5.82 Å². The van der Waals surface area contributed by atoms with Crippen molar-refractivity contribution in [1.29, 1.82) is 0 Å². The molecule has 0 unspecified atom stereocenters. The number of ketones is 1. The van der Waals surface area contributed by atoms with E-state index in [0.29, 0.717) is 5.75 Å². The van der Waals surface area contributed by atoms with Crippen LogP contribution >= 0.6 is 23.1 Å². The predicted molar refractivity (Wildman–Crippen MR) is 83.3 cm³/mol. The van der Waals surface area contributed by atoms with Crippen LogP contribution in [-0.2, 0) is 0 Å². The summed E-state index contributed by atoms with van der Waals surface area (Å²) in [5, 5.41) is 3.10. The molecule has 0 saturated heterocycles. The van der Waals surface area contributed by atoms with E-state index in [2.05, 4.69) is 0 Å². The standard InChI is InChI=1S/C16H11FOS2/c17-12-4-6-13(7-5-12)20-10-15(18)14-3-1-2-11-8-9-19-16(11)14/h1-9H,10H2. The molecule has 0 N–H and O–H groups in total. The Morgan fingerprint density at radius 3 is 2.70 bits per heavy atom. The molecule has 0 atom stereocenters. The molecule has 100 valence electrons. The summed E-state index contributed by atoms with van der Waals surface area (Å²) >= 11 is 3.02. The van der Waals surface area contributed by atoms with Gasteiger partial charge in [0, 0.05) is 15.2 Å². The minimum absolute atomic E-state index is 0.104. The normalized spacial score (nSPS) is 10.8. The molecule has 1 heterocycles. The zero-order valence-corrected chi connectivity index (χ0v) is 12.1. The van der Waals surface area contributed by atoms with Gasteiger partial charge in [0.2, 0.25) is 0 Å². The number of thiophene rings is 1. The van der Waals surface area contributed by atoms with Crippen LogP contribution in [0.2, 0.25) is 0 Å². The number of fused-ring (bicyclic) bond motifs is 1. The molecule has 0 fully saturated rings. The molecular formula is C16H11FOS2. The lowest BCUT2D eigenvalue weighted by atomic mass is 10.1. The zero-order valence-electron chi connectivity index (χ0n) is 10.5. The summed E-state index contributed by atoms with van der Waals surface area (Å²) in [4.78, 5) is 13.2. The molecule has 1 aromatic heterocycles. The quantitative estimate of drug-likeness (QED) is 0.497. The van der Waals surface area contributed by atoms with Gasteiger partial charge >= 0.3 is 0 Å². The van der Waals surface area contributed by atoms with E-state index < -0.39 is 0 Å². The maximum absolute atomic E-state index is 12.8. The van der Waals surface area contributed by atoms with Gasteiger partial charge in [-0.15, -0.1) is 23.1 Å². The summed E-state index contributed by atoms with van der Waals surface area (Å²) in [7, 11) is 0. The van der Waals surface area contributed by atoms with Crippen LogP contribution in [0.1, 0.15) is 10.4 Å². The van der Waals surface area contributed by atoms with E-state index in [4.69, 9.17) is 0 Å². The molecule has 1 nitrogen and oxygen atoms in total. The molecule has 0 amide bonds. The van der Waals surface area contributed by atoms with Crippen molar-refractivity contribution in [2.45, 2.75) is 4.90 Å². The van der Waals surface area contributed by atoms with E-state index in [1.807, 2.05) is 29.6 Å². The molecule has 0 saturated carbocycles. The fourth-order valence-electron chi connectivity index (χ4n) is 1.97. The number of halogens is 1. The Morgan fingerprint density at radius 2 is 1.90 bits per heavy atom. The van der Waals surface area contributed by atoms with Crippen LogP contribution < -0.4 is 0 Å². The van der Waals surface area contributed by atoms with Crippen LogP contribution in [0.4, 0.5) is 4.39 Å². The Labute approximate surface area is 124 Å². The molecule has 20 heavy (non-hydrogen) atoms. The predicted octanol–water partition coefficient (Wildman–Crippen LogP) is 5.02. The molecule has 3 aromatic rings. The summed E-state index contributed by atoms with van der Waals surface area (Å²) in [5.41, 5.74) is 0.770. The summed E-state index contributed by atoms with van der Waals surface area (Å²) in [6.45, 7) is 0. The monoisotopic (exact) mass is 302 g/mol. The molecular weight excluding hydrogens is 291 g/mol. The third-order valence-corrected chi connectivity index (χ3v) is 4.94. The van der Waals surface area contributed by atoms with Crippen molar-refractivity contribution in [3.05, 3.63) is 65.3 Å². The van der Waals surface area contributed by atoms with Crippen LogP contribution in [0.5, 0.6) is 0 Å². The average Bonchev–Trinajstić information content (AvgIpc) is 2.94. The van der Waals surface area contributed by atoms with Crippen molar-refractivity contribution in [2.75, 3.05) is 5.75 Å². The molecule has 4 heteroatoms. The van der Waals surface area contributed by atoms with Gasteiger partial charge in [-0.05, 0) is 47.2 Å². The number of hydrogen-bond donors (Lipinski definition) is 0. The molecule has 0 bridgehead atoms.